The molecule has 1 N–H and O–H groups in total. The second kappa shape index (κ2) is 5.97. The van der Waals surface area contributed by atoms with Crippen molar-refractivity contribution in [3.8, 4) is 0 Å². The van der Waals surface area contributed by atoms with Gasteiger partial charge in [0.1, 0.15) is 22.6 Å². The molecule has 0 bridgehead atoms. The standard InChI is InChI=1S/C18H16ClN5S/c19-11-5-6-15-23-12(9-24(15)8-11)7-20-17-16-13-3-1-2-4-14(13)25-18(16)22-10-21-17/h5-6,8-10H,1-4,7H2,(H,20,21,22). The normalized spacial score (nSPS) is 14.1. The van der Waals surface area contributed by atoms with Gasteiger partial charge in [-0.05, 0) is 43.4 Å². The average Bonchev–Trinajstić information content (AvgIpc) is 3.20. The Bertz CT molecular complexity index is 1080. The van der Waals surface area contributed by atoms with Gasteiger partial charge in [0.05, 0.1) is 22.6 Å². The third-order valence-electron chi connectivity index (χ3n) is 4.65. The molecule has 0 saturated carbocycles. The van der Waals surface area contributed by atoms with Crippen molar-refractivity contribution < 1.29 is 0 Å². The minimum atomic E-state index is 0.621. The number of nitrogens with zero attached hydrogens (tertiary/aromatic N) is 4. The molecular weight excluding hydrogens is 354 g/mol. The maximum Gasteiger partial charge on any atom is 0.138 e. The van der Waals surface area contributed by atoms with E-state index in [1.54, 1.807) is 6.33 Å². The molecular formula is C18H16ClN5S. The van der Waals surface area contributed by atoms with Gasteiger partial charge in [-0.2, -0.15) is 0 Å². The fourth-order valence-corrected chi connectivity index (χ4v) is 4.90. The number of anilines is 1. The Kier molecular flexibility index (Phi) is 3.60. The van der Waals surface area contributed by atoms with Crippen molar-refractivity contribution >= 4 is 44.6 Å². The van der Waals surface area contributed by atoms with Crippen LogP contribution in [0.4, 0.5) is 5.82 Å². The molecule has 0 spiro atoms. The lowest BCUT2D eigenvalue weighted by Crippen LogP contribution is -2.04. The van der Waals surface area contributed by atoms with E-state index in [1.807, 2.05) is 40.3 Å². The molecule has 1 aliphatic carbocycles. The fourth-order valence-electron chi connectivity index (χ4n) is 3.50. The highest BCUT2D eigenvalue weighted by Gasteiger charge is 2.19. The van der Waals surface area contributed by atoms with Crippen molar-refractivity contribution in [3.05, 3.63) is 52.0 Å². The molecule has 5 rings (SSSR count). The van der Waals surface area contributed by atoms with Crippen LogP contribution in [0.2, 0.25) is 5.02 Å². The van der Waals surface area contributed by atoms with Crippen LogP contribution in [0.3, 0.4) is 0 Å². The summed E-state index contributed by atoms with van der Waals surface area (Å²) in [6, 6.07) is 3.77. The predicted molar refractivity (Wildman–Crippen MR) is 102 cm³/mol. The first-order valence-corrected chi connectivity index (χ1v) is 9.59. The summed E-state index contributed by atoms with van der Waals surface area (Å²) in [7, 11) is 0. The Balaban J connectivity index is 1.48. The second-order valence-electron chi connectivity index (χ2n) is 6.31. The van der Waals surface area contributed by atoms with E-state index >= 15 is 0 Å². The summed E-state index contributed by atoms with van der Waals surface area (Å²) in [5.41, 5.74) is 3.29. The quantitative estimate of drug-likeness (QED) is 0.578. The van der Waals surface area contributed by atoms with Crippen molar-refractivity contribution in [1.29, 1.82) is 0 Å². The molecule has 5 nitrogen and oxygen atoms in total. The zero-order valence-corrected chi connectivity index (χ0v) is 15.1. The largest absolute Gasteiger partial charge is 0.364 e. The Morgan fingerprint density at radius 3 is 3.04 bits per heavy atom. The summed E-state index contributed by atoms with van der Waals surface area (Å²) in [5.74, 6) is 0.916. The van der Waals surface area contributed by atoms with Gasteiger partial charge >= 0.3 is 0 Å². The molecule has 25 heavy (non-hydrogen) atoms. The number of hydrogen-bond donors (Lipinski definition) is 1. The summed E-state index contributed by atoms with van der Waals surface area (Å²) < 4.78 is 1.95. The van der Waals surface area contributed by atoms with Crippen LogP contribution < -0.4 is 5.32 Å². The average molecular weight is 370 g/mol. The molecule has 0 unspecified atom stereocenters. The van der Waals surface area contributed by atoms with Gasteiger partial charge < -0.3 is 9.72 Å². The summed E-state index contributed by atoms with van der Waals surface area (Å²) >= 11 is 7.86. The molecule has 1 aliphatic rings. The van der Waals surface area contributed by atoms with Gasteiger partial charge in [0.2, 0.25) is 0 Å². The van der Waals surface area contributed by atoms with E-state index in [2.05, 4.69) is 20.3 Å². The number of nitrogens with one attached hydrogen (secondary N) is 1. The molecule has 4 aromatic heterocycles. The van der Waals surface area contributed by atoms with Crippen LogP contribution in [0.25, 0.3) is 15.9 Å². The predicted octanol–water partition coefficient (Wildman–Crippen LogP) is 4.48. The monoisotopic (exact) mass is 369 g/mol. The van der Waals surface area contributed by atoms with Gasteiger partial charge in [0, 0.05) is 17.3 Å². The highest BCUT2D eigenvalue weighted by Crippen LogP contribution is 2.38. The molecule has 7 heteroatoms. The summed E-state index contributed by atoms with van der Waals surface area (Å²) in [6.07, 6.45) is 10.3. The number of pyridine rings is 1. The van der Waals surface area contributed by atoms with Crippen molar-refractivity contribution in [3.63, 3.8) is 0 Å². The summed E-state index contributed by atoms with van der Waals surface area (Å²) in [5, 5.41) is 5.37. The van der Waals surface area contributed by atoms with Gasteiger partial charge in [-0.15, -0.1) is 11.3 Å². The smallest absolute Gasteiger partial charge is 0.138 e. The maximum absolute atomic E-state index is 6.04. The van der Waals surface area contributed by atoms with Crippen LogP contribution >= 0.6 is 22.9 Å². The van der Waals surface area contributed by atoms with Gasteiger partial charge in [0.15, 0.2) is 0 Å². The van der Waals surface area contributed by atoms with Crippen molar-refractivity contribution in [2.75, 3.05) is 5.32 Å². The second-order valence-corrected chi connectivity index (χ2v) is 7.83. The van der Waals surface area contributed by atoms with E-state index in [9.17, 15) is 0 Å². The Hall–Kier alpha value is -2.18. The molecule has 0 saturated heterocycles. The number of halogens is 1. The minimum absolute atomic E-state index is 0.621. The van der Waals surface area contributed by atoms with E-state index in [4.69, 9.17) is 11.6 Å². The van der Waals surface area contributed by atoms with E-state index < -0.39 is 0 Å². The molecule has 0 amide bonds. The lowest BCUT2D eigenvalue weighted by Gasteiger charge is -2.12. The topological polar surface area (TPSA) is 55.1 Å². The zero-order valence-electron chi connectivity index (χ0n) is 13.5. The van der Waals surface area contributed by atoms with Crippen LogP contribution in [0.1, 0.15) is 29.0 Å². The van der Waals surface area contributed by atoms with Crippen LogP contribution in [0.15, 0.2) is 30.9 Å². The lowest BCUT2D eigenvalue weighted by molar-refractivity contribution is 0.700. The van der Waals surface area contributed by atoms with Crippen LogP contribution in [-0.4, -0.2) is 19.4 Å². The van der Waals surface area contributed by atoms with E-state index in [-0.39, 0.29) is 0 Å². The van der Waals surface area contributed by atoms with E-state index in [0.29, 0.717) is 11.6 Å². The number of fused-ring (bicyclic) bond motifs is 4. The summed E-state index contributed by atoms with van der Waals surface area (Å²) in [4.78, 5) is 16.2. The first kappa shape index (κ1) is 15.1. The molecule has 0 fully saturated rings. The molecule has 126 valence electrons. The van der Waals surface area contributed by atoms with Crippen molar-refractivity contribution in [2.24, 2.45) is 0 Å². The lowest BCUT2D eigenvalue weighted by atomic mass is 9.97. The van der Waals surface area contributed by atoms with Gasteiger partial charge in [-0.1, -0.05) is 11.6 Å². The first-order valence-electron chi connectivity index (χ1n) is 8.40. The molecule has 4 aromatic rings. The van der Waals surface area contributed by atoms with Crippen molar-refractivity contribution in [2.45, 2.75) is 32.2 Å². The Labute approximate surface area is 153 Å². The third kappa shape index (κ3) is 2.65. The van der Waals surface area contributed by atoms with Crippen LogP contribution in [0.5, 0.6) is 0 Å². The Morgan fingerprint density at radius 1 is 1.16 bits per heavy atom. The zero-order chi connectivity index (χ0) is 16.8. The Morgan fingerprint density at radius 2 is 2.08 bits per heavy atom. The molecule has 0 atom stereocenters. The molecule has 4 heterocycles. The number of thiophene rings is 1. The van der Waals surface area contributed by atoms with Gasteiger partial charge in [0.25, 0.3) is 0 Å². The first-order chi connectivity index (χ1) is 12.3. The fraction of sp³-hybridized carbons (Fsp3) is 0.278. The molecule has 0 radical (unpaired) electrons. The maximum atomic E-state index is 6.04. The van der Waals surface area contributed by atoms with E-state index in [0.717, 1.165) is 28.4 Å². The van der Waals surface area contributed by atoms with Crippen molar-refractivity contribution in [1.82, 2.24) is 19.4 Å². The third-order valence-corrected chi connectivity index (χ3v) is 6.08. The van der Waals surface area contributed by atoms with Gasteiger partial charge in [-0.25, -0.2) is 15.0 Å². The number of rotatable bonds is 3. The molecule has 0 aromatic carbocycles. The minimum Gasteiger partial charge on any atom is -0.364 e. The van der Waals surface area contributed by atoms with Crippen LogP contribution in [-0.2, 0) is 19.4 Å². The SMILES string of the molecule is Clc1ccc2nc(CNc3ncnc4sc5c(c34)CCCC5)cn2c1. The number of imidazole rings is 1. The molecule has 0 aliphatic heterocycles. The highest BCUT2D eigenvalue weighted by atomic mass is 35.5. The van der Waals surface area contributed by atoms with E-state index in [1.165, 1.54) is 35.1 Å². The number of aromatic nitrogens is 4. The highest BCUT2D eigenvalue weighted by molar-refractivity contribution is 7.19. The summed E-state index contributed by atoms with van der Waals surface area (Å²) in [6.45, 7) is 0.621. The van der Waals surface area contributed by atoms with Crippen LogP contribution in [0, 0.1) is 0 Å². The number of aryl methyl sites for hydroxylation is 2. The number of hydrogen-bond acceptors (Lipinski definition) is 5. The van der Waals surface area contributed by atoms with Gasteiger partial charge in [-0.3, -0.25) is 0 Å².